The van der Waals surface area contributed by atoms with Gasteiger partial charge in [0.05, 0.1) is 15.5 Å². The summed E-state index contributed by atoms with van der Waals surface area (Å²) in [5.41, 5.74) is 3.97. The molecule has 0 aliphatic carbocycles. The van der Waals surface area contributed by atoms with E-state index in [2.05, 4.69) is 27.0 Å². The Morgan fingerprint density at radius 3 is 2.46 bits per heavy atom. The van der Waals surface area contributed by atoms with E-state index in [0.29, 0.717) is 16.4 Å². The number of benzene rings is 3. The lowest BCUT2D eigenvalue weighted by molar-refractivity contribution is -0.115. The predicted octanol–water partition coefficient (Wildman–Crippen LogP) is 7.20. The van der Waals surface area contributed by atoms with E-state index < -0.39 is 5.91 Å². The Bertz CT molecular complexity index is 1710. The molecule has 0 saturated carbocycles. The molecule has 0 fully saturated rings. The Morgan fingerprint density at radius 2 is 1.73 bits per heavy atom. The highest BCUT2D eigenvalue weighted by Crippen LogP contribution is 2.29. The van der Waals surface area contributed by atoms with E-state index in [1.54, 1.807) is 42.5 Å². The van der Waals surface area contributed by atoms with Crippen LogP contribution in [-0.4, -0.2) is 28.0 Å². The number of aryl methyl sites for hydroxylation is 1. The highest BCUT2D eigenvalue weighted by Gasteiger charge is 2.18. The molecule has 3 N–H and O–H groups in total. The fourth-order valence-electron chi connectivity index (χ4n) is 3.83. The van der Waals surface area contributed by atoms with E-state index >= 15 is 0 Å². The number of carbonyl (C=O) groups excluding carboxylic acids is 3. The number of hydrogen-bond acceptors (Lipinski definition) is 7. The lowest BCUT2D eigenvalue weighted by Gasteiger charge is -2.13. The maximum Gasteiger partial charge on any atom is 0.272 e. The van der Waals surface area contributed by atoms with Crippen LogP contribution in [0.1, 0.15) is 28.4 Å². The first-order valence-corrected chi connectivity index (χ1v) is 15.3. The zero-order valence-electron chi connectivity index (χ0n) is 22.2. The molecular weight excluding hydrogens is 573 g/mol. The monoisotopic (exact) mass is 598 g/mol. The summed E-state index contributed by atoms with van der Waals surface area (Å²) in [4.78, 5) is 44.1. The molecule has 1 atom stereocenters. The number of thioether (sulfide) groups is 1. The second-order valence-electron chi connectivity index (χ2n) is 9.15. The first-order chi connectivity index (χ1) is 19.8. The van der Waals surface area contributed by atoms with Crippen LogP contribution in [0.25, 0.3) is 16.3 Å². The Morgan fingerprint density at radius 1 is 0.951 bits per heavy atom. The van der Waals surface area contributed by atoms with E-state index in [9.17, 15) is 14.4 Å². The molecule has 2 aromatic heterocycles. The summed E-state index contributed by atoms with van der Waals surface area (Å²) in [5, 5.41) is 12.5. The number of rotatable bonds is 9. The number of aromatic nitrogens is 1. The molecule has 206 valence electrons. The first-order valence-electron chi connectivity index (χ1n) is 12.7. The Hall–Kier alpha value is -4.25. The smallest absolute Gasteiger partial charge is 0.272 e. The minimum atomic E-state index is -0.445. The van der Waals surface area contributed by atoms with Crippen molar-refractivity contribution in [3.05, 3.63) is 112 Å². The highest BCUT2D eigenvalue weighted by molar-refractivity contribution is 8.00. The van der Waals surface area contributed by atoms with Gasteiger partial charge in [0.15, 0.2) is 5.13 Å². The third-order valence-corrected chi connectivity index (χ3v) is 8.70. The topological polar surface area (TPSA) is 100 Å². The van der Waals surface area contributed by atoms with Crippen molar-refractivity contribution in [1.82, 2.24) is 10.3 Å². The van der Waals surface area contributed by atoms with Crippen LogP contribution in [0.3, 0.4) is 0 Å². The zero-order valence-corrected chi connectivity index (χ0v) is 24.7. The van der Waals surface area contributed by atoms with Crippen molar-refractivity contribution >= 4 is 79.3 Å². The van der Waals surface area contributed by atoms with Gasteiger partial charge in [0.25, 0.3) is 11.8 Å². The number of anilines is 2. The molecule has 1 unspecified atom stereocenters. The van der Waals surface area contributed by atoms with Gasteiger partial charge in [0, 0.05) is 16.1 Å². The van der Waals surface area contributed by atoms with Crippen LogP contribution in [0.5, 0.6) is 0 Å². The first kappa shape index (κ1) is 28.3. The van der Waals surface area contributed by atoms with E-state index in [-0.39, 0.29) is 22.8 Å². The summed E-state index contributed by atoms with van der Waals surface area (Å²) < 4.78 is 1.03. The van der Waals surface area contributed by atoms with Crippen molar-refractivity contribution in [1.29, 1.82) is 0 Å². The molecule has 0 aliphatic rings. The summed E-state index contributed by atoms with van der Waals surface area (Å²) >= 11 is 4.36. The summed E-state index contributed by atoms with van der Waals surface area (Å²) in [6.45, 7) is 3.86. The van der Waals surface area contributed by atoms with Crippen LogP contribution in [-0.2, 0) is 9.59 Å². The molecule has 10 heteroatoms. The number of nitrogens with zero attached hydrogens (tertiary/aromatic N) is 1. The molecule has 0 bridgehead atoms. The molecule has 5 rings (SSSR count). The number of nitrogens with one attached hydrogen (secondary N) is 3. The molecular formula is C31H26N4O3S3. The van der Waals surface area contributed by atoms with Crippen LogP contribution in [0, 0.1) is 6.92 Å². The molecule has 7 nitrogen and oxygen atoms in total. The molecule has 3 aromatic carbocycles. The number of fused-ring (bicyclic) bond motifs is 1. The fourth-order valence-corrected chi connectivity index (χ4v) is 6.28. The van der Waals surface area contributed by atoms with Gasteiger partial charge in [-0.15, -0.1) is 11.8 Å². The van der Waals surface area contributed by atoms with Gasteiger partial charge in [0.2, 0.25) is 5.91 Å². The minimum Gasteiger partial charge on any atom is -0.321 e. The lowest BCUT2D eigenvalue weighted by atomic mass is 10.2. The highest BCUT2D eigenvalue weighted by atomic mass is 32.2. The summed E-state index contributed by atoms with van der Waals surface area (Å²) in [6.07, 6.45) is 1.64. The molecule has 0 saturated heterocycles. The molecule has 0 aliphatic heterocycles. The van der Waals surface area contributed by atoms with E-state index in [1.807, 2.05) is 61.0 Å². The average Bonchev–Trinajstić information content (AvgIpc) is 3.63. The molecule has 0 radical (unpaired) electrons. The van der Waals surface area contributed by atoms with Gasteiger partial charge in [-0.2, -0.15) is 11.3 Å². The number of amides is 3. The Balaban J connectivity index is 1.21. The number of carbonyl (C=O) groups is 3. The standard InChI is InChI=1S/C31H26N4O3S3/c1-19-8-13-25-27(16-19)41-31(34-25)35-28(36)20(2)40-24-11-9-23(10-12-24)32-30(38)26(17-21-14-15-39-18-21)33-29(37)22-6-4-3-5-7-22/h3-18,20H,1-2H3,(H,32,38)(H,33,37)(H,34,35,36)/b26-17-. The average molecular weight is 599 g/mol. The Kier molecular flexibility index (Phi) is 8.93. The maximum atomic E-state index is 13.2. The molecule has 41 heavy (non-hydrogen) atoms. The minimum absolute atomic E-state index is 0.131. The lowest BCUT2D eigenvalue weighted by Crippen LogP contribution is -2.30. The molecule has 2 heterocycles. The van der Waals surface area contributed by atoms with Crippen LogP contribution in [0.4, 0.5) is 10.8 Å². The number of hydrogen-bond donors (Lipinski definition) is 3. The largest absolute Gasteiger partial charge is 0.321 e. The third-order valence-electron chi connectivity index (χ3n) is 5.95. The normalized spacial score (nSPS) is 12.1. The van der Waals surface area contributed by atoms with Crippen molar-refractivity contribution in [3.63, 3.8) is 0 Å². The van der Waals surface area contributed by atoms with Crippen molar-refractivity contribution in [2.24, 2.45) is 0 Å². The van der Waals surface area contributed by atoms with Gasteiger partial charge in [0.1, 0.15) is 5.70 Å². The van der Waals surface area contributed by atoms with Gasteiger partial charge in [-0.05, 0) is 96.4 Å². The predicted molar refractivity (Wildman–Crippen MR) is 170 cm³/mol. The van der Waals surface area contributed by atoms with Crippen molar-refractivity contribution < 1.29 is 14.4 Å². The summed E-state index contributed by atoms with van der Waals surface area (Å²) in [6, 6.07) is 23.8. The van der Waals surface area contributed by atoms with Gasteiger partial charge >= 0.3 is 0 Å². The number of thiazole rings is 1. The van der Waals surface area contributed by atoms with Crippen LogP contribution < -0.4 is 16.0 Å². The quantitative estimate of drug-likeness (QED) is 0.123. The van der Waals surface area contributed by atoms with Crippen molar-refractivity contribution in [2.75, 3.05) is 10.6 Å². The third kappa shape index (κ3) is 7.49. The van der Waals surface area contributed by atoms with Gasteiger partial charge in [-0.3, -0.25) is 14.4 Å². The SMILES string of the molecule is Cc1ccc2nc(NC(=O)C(C)Sc3ccc(NC(=O)/C(=C/c4ccsc4)NC(=O)c4ccccc4)cc3)sc2c1. The van der Waals surface area contributed by atoms with Gasteiger partial charge < -0.3 is 16.0 Å². The van der Waals surface area contributed by atoms with Gasteiger partial charge in [-0.1, -0.05) is 35.6 Å². The fraction of sp³-hybridized carbons (Fsp3) is 0.0968. The van der Waals surface area contributed by atoms with Crippen molar-refractivity contribution in [2.45, 2.75) is 24.0 Å². The molecule has 0 spiro atoms. The van der Waals surface area contributed by atoms with Gasteiger partial charge in [-0.25, -0.2) is 4.98 Å². The summed E-state index contributed by atoms with van der Waals surface area (Å²) in [7, 11) is 0. The van der Waals surface area contributed by atoms with E-state index in [1.165, 1.54) is 34.4 Å². The van der Waals surface area contributed by atoms with Crippen LogP contribution in [0.15, 0.2) is 100 Å². The van der Waals surface area contributed by atoms with Crippen LogP contribution in [0.2, 0.25) is 0 Å². The van der Waals surface area contributed by atoms with E-state index in [4.69, 9.17) is 0 Å². The molecule has 3 amide bonds. The zero-order chi connectivity index (χ0) is 28.8. The second kappa shape index (κ2) is 12.9. The van der Waals surface area contributed by atoms with Crippen LogP contribution >= 0.6 is 34.4 Å². The number of thiophene rings is 1. The summed E-state index contributed by atoms with van der Waals surface area (Å²) in [5.74, 6) is -0.956. The van der Waals surface area contributed by atoms with E-state index in [0.717, 1.165) is 26.2 Å². The maximum absolute atomic E-state index is 13.2. The second-order valence-corrected chi connectivity index (χ2v) is 12.4. The van der Waals surface area contributed by atoms with Crippen molar-refractivity contribution in [3.8, 4) is 0 Å². The molecule has 5 aromatic rings. The Labute approximate surface area is 249 Å².